The average Bonchev–Trinajstić information content (AvgIpc) is 1.94. The highest BCUT2D eigenvalue weighted by Gasteiger charge is 2.01. The quantitative estimate of drug-likeness (QED) is 0.486. The van der Waals surface area contributed by atoms with Crippen molar-refractivity contribution in [1.82, 2.24) is 5.01 Å². The average molecular weight is 132 g/mol. The van der Waals surface area contributed by atoms with Gasteiger partial charge in [0.15, 0.2) is 0 Å². The van der Waals surface area contributed by atoms with Gasteiger partial charge in [-0.15, -0.1) is 6.42 Å². The van der Waals surface area contributed by atoms with Crippen LogP contribution in [0.2, 0.25) is 0 Å². The summed E-state index contributed by atoms with van der Waals surface area (Å²) in [6, 6.07) is 0. The molecule has 0 saturated carbocycles. The topological polar surface area (TPSA) is 15.6 Å². The van der Waals surface area contributed by atoms with Crippen LogP contribution < -0.4 is 0 Å². The van der Waals surface area contributed by atoms with Crippen LogP contribution in [0.25, 0.3) is 0 Å². The summed E-state index contributed by atoms with van der Waals surface area (Å²) < 4.78 is 0. The largest absolute Gasteiger partial charge is 0.254 e. The van der Waals surface area contributed by atoms with E-state index in [1.807, 2.05) is 12.2 Å². The van der Waals surface area contributed by atoms with E-state index in [1.54, 1.807) is 11.2 Å². The first kappa shape index (κ1) is 6.63. The normalized spacial score (nSPS) is 15.5. The number of terminal acetylenes is 1. The molecule has 0 aromatic heterocycles. The van der Waals surface area contributed by atoms with Gasteiger partial charge in [0.05, 0.1) is 5.70 Å². The van der Waals surface area contributed by atoms with Gasteiger partial charge in [-0.25, -0.2) is 0 Å². The molecule has 50 valence electrons. The second kappa shape index (κ2) is 2.88. The van der Waals surface area contributed by atoms with Crippen molar-refractivity contribution in [1.29, 1.82) is 0 Å². The summed E-state index contributed by atoms with van der Waals surface area (Å²) in [5.74, 6) is 2.49. The van der Waals surface area contributed by atoms with Gasteiger partial charge in [0.1, 0.15) is 6.54 Å². The molecule has 0 aromatic rings. The van der Waals surface area contributed by atoms with Crippen molar-refractivity contribution in [2.75, 3.05) is 6.54 Å². The van der Waals surface area contributed by atoms with E-state index in [9.17, 15) is 0 Å². The summed E-state index contributed by atoms with van der Waals surface area (Å²) in [7, 11) is 0. The molecule has 10 heavy (non-hydrogen) atoms. The highest BCUT2D eigenvalue weighted by molar-refractivity contribution is 5.72. The summed E-state index contributed by atoms with van der Waals surface area (Å²) in [4.78, 5) is 0. The zero-order chi connectivity index (χ0) is 7.40. The molecule has 0 spiro atoms. The van der Waals surface area contributed by atoms with Gasteiger partial charge in [0.25, 0.3) is 0 Å². The van der Waals surface area contributed by atoms with E-state index in [1.165, 1.54) is 0 Å². The van der Waals surface area contributed by atoms with Gasteiger partial charge in [0, 0.05) is 6.21 Å². The Kier molecular flexibility index (Phi) is 1.91. The lowest BCUT2D eigenvalue weighted by molar-refractivity contribution is 0.425. The molecule has 2 heteroatoms. The molecule has 1 rings (SSSR count). The van der Waals surface area contributed by atoms with E-state index >= 15 is 0 Å². The van der Waals surface area contributed by atoms with Gasteiger partial charge in [-0.05, 0) is 12.2 Å². The molecular weight excluding hydrogens is 124 g/mol. The van der Waals surface area contributed by atoms with E-state index in [-0.39, 0.29) is 0 Å². The Bertz CT molecular complexity index is 230. The predicted octanol–water partition coefficient (Wildman–Crippen LogP) is 0.991. The van der Waals surface area contributed by atoms with Crippen molar-refractivity contribution < 1.29 is 0 Å². The number of rotatable bonds is 1. The van der Waals surface area contributed by atoms with Crippen LogP contribution >= 0.6 is 0 Å². The Morgan fingerprint density at radius 3 is 3.20 bits per heavy atom. The maximum Gasteiger partial charge on any atom is 0.102 e. The van der Waals surface area contributed by atoms with Crippen molar-refractivity contribution in [2.45, 2.75) is 0 Å². The van der Waals surface area contributed by atoms with Crippen LogP contribution in [0.15, 0.2) is 29.5 Å². The van der Waals surface area contributed by atoms with E-state index in [0.29, 0.717) is 6.54 Å². The highest BCUT2D eigenvalue weighted by atomic mass is 15.5. The van der Waals surface area contributed by atoms with Gasteiger partial charge >= 0.3 is 0 Å². The number of hydrogen-bond donors (Lipinski definition) is 0. The lowest BCUT2D eigenvalue weighted by Crippen LogP contribution is -2.17. The molecule has 0 fully saturated rings. The van der Waals surface area contributed by atoms with E-state index in [0.717, 1.165) is 5.70 Å². The van der Waals surface area contributed by atoms with Gasteiger partial charge < -0.3 is 0 Å². The first-order valence-electron chi connectivity index (χ1n) is 2.95. The molecule has 0 aromatic carbocycles. The van der Waals surface area contributed by atoms with E-state index < -0.39 is 0 Å². The van der Waals surface area contributed by atoms with Crippen LogP contribution in [0.4, 0.5) is 0 Å². The fraction of sp³-hybridized carbons (Fsp3) is 0.125. The maximum absolute atomic E-state index is 5.09. The Morgan fingerprint density at radius 1 is 1.80 bits per heavy atom. The van der Waals surface area contributed by atoms with Gasteiger partial charge in [0.2, 0.25) is 0 Å². The highest BCUT2D eigenvalue weighted by Crippen LogP contribution is 2.05. The number of hydrogen-bond acceptors (Lipinski definition) is 2. The lowest BCUT2D eigenvalue weighted by atomic mass is 10.4. The monoisotopic (exact) mass is 132 g/mol. The summed E-state index contributed by atoms with van der Waals surface area (Å²) in [5, 5.41) is 5.65. The molecule has 0 atom stereocenters. The minimum atomic E-state index is 0.486. The summed E-state index contributed by atoms with van der Waals surface area (Å²) in [6.45, 7) is 4.23. The molecule has 2 nitrogen and oxygen atoms in total. The Hall–Kier alpha value is -1.49. The smallest absolute Gasteiger partial charge is 0.102 e. The van der Waals surface area contributed by atoms with Crippen molar-refractivity contribution in [3.05, 3.63) is 24.4 Å². The third-order valence-electron chi connectivity index (χ3n) is 1.15. The molecule has 0 bridgehead atoms. The summed E-state index contributed by atoms with van der Waals surface area (Å²) in [6.07, 6.45) is 10.5. The molecule has 1 heterocycles. The molecule has 0 aliphatic carbocycles. The minimum absolute atomic E-state index is 0.486. The first-order chi connectivity index (χ1) is 4.84. The second-order valence-electron chi connectivity index (χ2n) is 1.88. The second-order valence-corrected chi connectivity index (χ2v) is 1.88. The van der Waals surface area contributed by atoms with Gasteiger partial charge in [-0.3, -0.25) is 5.01 Å². The summed E-state index contributed by atoms with van der Waals surface area (Å²) >= 11 is 0. The van der Waals surface area contributed by atoms with Crippen LogP contribution in [-0.4, -0.2) is 17.8 Å². The fourth-order valence-corrected chi connectivity index (χ4v) is 0.662. The SMILES string of the molecule is C#CCN1N=CC=CC1=C. The Morgan fingerprint density at radius 2 is 2.60 bits per heavy atom. The van der Waals surface area contributed by atoms with Crippen LogP contribution in [0, 0.1) is 12.3 Å². The van der Waals surface area contributed by atoms with Crippen molar-refractivity contribution >= 4 is 6.21 Å². The standard InChI is InChI=1S/C8H8N2/c1-3-7-10-8(2)5-4-6-9-10/h1,4-6H,2,7H2. The molecule has 0 unspecified atom stereocenters. The zero-order valence-corrected chi connectivity index (χ0v) is 5.62. The first-order valence-corrected chi connectivity index (χ1v) is 2.95. The van der Waals surface area contributed by atoms with Gasteiger partial charge in [-0.1, -0.05) is 12.5 Å². The molecular formula is C8H8N2. The van der Waals surface area contributed by atoms with Gasteiger partial charge in [-0.2, -0.15) is 5.10 Å². The predicted molar refractivity (Wildman–Crippen MR) is 42.3 cm³/mol. The van der Waals surface area contributed by atoms with Crippen molar-refractivity contribution in [3.8, 4) is 12.3 Å². The molecule has 0 amide bonds. The van der Waals surface area contributed by atoms with Crippen molar-refractivity contribution in [2.24, 2.45) is 5.10 Å². The van der Waals surface area contributed by atoms with Crippen LogP contribution in [-0.2, 0) is 0 Å². The van der Waals surface area contributed by atoms with Crippen molar-refractivity contribution in [3.63, 3.8) is 0 Å². The molecule has 1 aliphatic heterocycles. The minimum Gasteiger partial charge on any atom is -0.254 e. The zero-order valence-electron chi connectivity index (χ0n) is 5.62. The third-order valence-corrected chi connectivity index (χ3v) is 1.15. The Labute approximate surface area is 60.5 Å². The fourth-order valence-electron chi connectivity index (χ4n) is 0.662. The third kappa shape index (κ3) is 1.26. The van der Waals surface area contributed by atoms with Crippen LogP contribution in [0.3, 0.4) is 0 Å². The number of nitrogens with zero attached hydrogens (tertiary/aromatic N) is 2. The molecule has 0 saturated heterocycles. The molecule has 0 radical (unpaired) electrons. The van der Waals surface area contributed by atoms with E-state index in [4.69, 9.17) is 6.42 Å². The lowest BCUT2D eigenvalue weighted by Gasteiger charge is -2.17. The summed E-state index contributed by atoms with van der Waals surface area (Å²) in [5.41, 5.74) is 0.834. The Balaban J connectivity index is 2.63. The molecule has 0 N–H and O–H groups in total. The van der Waals surface area contributed by atoms with E-state index in [2.05, 4.69) is 17.6 Å². The van der Waals surface area contributed by atoms with Crippen LogP contribution in [0.1, 0.15) is 0 Å². The molecule has 1 aliphatic rings. The number of allylic oxidation sites excluding steroid dienone is 2. The number of hydrazone groups is 1. The maximum atomic E-state index is 5.09. The van der Waals surface area contributed by atoms with Crippen LogP contribution in [0.5, 0.6) is 0 Å².